The molecule has 22 heavy (non-hydrogen) atoms. The van der Waals surface area contributed by atoms with Crippen LogP contribution in [0.1, 0.15) is 23.2 Å². The van der Waals surface area contributed by atoms with Crippen LogP contribution >= 0.6 is 11.6 Å². The van der Waals surface area contributed by atoms with E-state index >= 15 is 0 Å². The van der Waals surface area contributed by atoms with Crippen LogP contribution in [0.15, 0.2) is 18.2 Å². The predicted octanol–water partition coefficient (Wildman–Crippen LogP) is 1.37. The molecular weight excluding hydrogens is 308 g/mol. The predicted molar refractivity (Wildman–Crippen MR) is 80.4 cm³/mol. The zero-order valence-electron chi connectivity index (χ0n) is 12.0. The number of likely N-dealkylation sites (tertiary alicyclic amines) is 1. The Bertz CT molecular complexity index is 585. The van der Waals surface area contributed by atoms with Crippen molar-refractivity contribution in [2.45, 2.75) is 18.9 Å². The Hall–Kier alpha value is -1.95. The van der Waals surface area contributed by atoms with Gasteiger partial charge in [-0.25, -0.2) is 0 Å². The number of halogens is 1. The fraction of sp³-hybridized carbons (Fsp3) is 0.467. The van der Waals surface area contributed by atoms with E-state index < -0.39 is 0 Å². The third kappa shape index (κ3) is 3.11. The second kappa shape index (κ2) is 6.44. The summed E-state index contributed by atoms with van der Waals surface area (Å²) in [5.41, 5.74) is 0.590. The molecule has 0 atom stereocenters. The lowest BCUT2D eigenvalue weighted by atomic mass is 10.0. The van der Waals surface area contributed by atoms with Crippen LogP contribution in [-0.2, 0) is 4.79 Å². The van der Waals surface area contributed by atoms with Crippen molar-refractivity contribution in [1.82, 2.24) is 10.2 Å². The number of alkyl halides is 1. The van der Waals surface area contributed by atoms with Gasteiger partial charge in [-0.05, 0) is 31.0 Å². The summed E-state index contributed by atoms with van der Waals surface area (Å²) in [5, 5.41) is 2.86. The molecule has 1 N–H and O–H groups in total. The Morgan fingerprint density at radius 1 is 1.23 bits per heavy atom. The summed E-state index contributed by atoms with van der Waals surface area (Å²) in [5.74, 6) is 1.05. The second-order valence-electron chi connectivity index (χ2n) is 5.34. The van der Waals surface area contributed by atoms with Crippen LogP contribution in [-0.4, -0.2) is 48.5 Å². The van der Waals surface area contributed by atoms with Crippen molar-refractivity contribution in [3.8, 4) is 11.5 Å². The number of hydrogen-bond acceptors (Lipinski definition) is 4. The molecule has 2 amide bonds. The number of fused-ring (bicyclic) bond motifs is 1. The van der Waals surface area contributed by atoms with Crippen molar-refractivity contribution in [2.24, 2.45) is 0 Å². The molecule has 0 spiro atoms. The smallest absolute Gasteiger partial charge is 0.253 e. The van der Waals surface area contributed by atoms with E-state index in [1.165, 1.54) is 0 Å². The molecule has 0 aliphatic carbocycles. The van der Waals surface area contributed by atoms with E-state index in [1.54, 1.807) is 23.1 Å². The number of hydrogen-bond donors (Lipinski definition) is 1. The van der Waals surface area contributed by atoms with Crippen molar-refractivity contribution >= 4 is 23.4 Å². The van der Waals surface area contributed by atoms with Gasteiger partial charge in [-0.3, -0.25) is 9.59 Å². The lowest BCUT2D eigenvalue weighted by Gasteiger charge is -2.32. The highest BCUT2D eigenvalue weighted by Crippen LogP contribution is 2.33. The average molecular weight is 325 g/mol. The van der Waals surface area contributed by atoms with E-state index in [4.69, 9.17) is 21.1 Å². The van der Waals surface area contributed by atoms with Gasteiger partial charge in [0.15, 0.2) is 11.5 Å². The maximum Gasteiger partial charge on any atom is 0.253 e. The van der Waals surface area contributed by atoms with Crippen LogP contribution in [0.3, 0.4) is 0 Å². The summed E-state index contributed by atoms with van der Waals surface area (Å²) in [4.78, 5) is 25.6. The molecule has 1 saturated heterocycles. The third-order valence-electron chi connectivity index (χ3n) is 3.89. The van der Waals surface area contributed by atoms with Gasteiger partial charge in [0, 0.05) is 24.7 Å². The van der Waals surface area contributed by atoms with Gasteiger partial charge in [-0.15, -0.1) is 11.6 Å². The molecule has 118 valence electrons. The van der Waals surface area contributed by atoms with Crippen molar-refractivity contribution in [1.29, 1.82) is 0 Å². The number of nitrogens with one attached hydrogen (secondary N) is 1. The molecule has 0 radical (unpaired) electrons. The molecule has 1 aromatic carbocycles. The Balaban J connectivity index is 1.59. The topological polar surface area (TPSA) is 67.9 Å². The SMILES string of the molecule is O=C(CCl)NC1CCN(C(=O)c2ccc3c(c2)OCO3)CC1. The van der Waals surface area contributed by atoms with Crippen LogP contribution < -0.4 is 14.8 Å². The Morgan fingerprint density at radius 2 is 1.95 bits per heavy atom. The molecule has 2 heterocycles. The number of ether oxygens (including phenoxy) is 2. The average Bonchev–Trinajstić information content (AvgIpc) is 3.02. The minimum atomic E-state index is -0.165. The Kier molecular flexibility index (Phi) is 4.38. The van der Waals surface area contributed by atoms with Gasteiger partial charge in [0.25, 0.3) is 5.91 Å². The monoisotopic (exact) mass is 324 g/mol. The maximum atomic E-state index is 12.5. The number of carbonyl (C=O) groups excluding carboxylic acids is 2. The summed E-state index contributed by atoms with van der Waals surface area (Å²) in [6.07, 6.45) is 1.47. The summed E-state index contributed by atoms with van der Waals surface area (Å²) in [7, 11) is 0. The highest BCUT2D eigenvalue weighted by molar-refractivity contribution is 6.27. The maximum absolute atomic E-state index is 12.5. The van der Waals surface area contributed by atoms with Crippen molar-refractivity contribution in [3.63, 3.8) is 0 Å². The standard InChI is InChI=1S/C15H17ClN2O4/c16-8-14(19)17-11-3-5-18(6-4-11)15(20)10-1-2-12-13(7-10)22-9-21-12/h1-2,7,11H,3-6,8-9H2,(H,17,19). The highest BCUT2D eigenvalue weighted by Gasteiger charge is 2.25. The molecule has 6 nitrogen and oxygen atoms in total. The molecule has 1 fully saturated rings. The van der Waals surface area contributed by atoms with E-state index in [1.807, 2.05) is 0 Å². The minimum absolute atomic E-state index is 0.0274. The van der Waals surface area contributed by atoms with E-state index in [0.717, 1.165) is 12.8 Å². The van der Waals surface area contributed by atoms with Crippen molar-refractivity contribution in [3.05, 3.63) is 23.8 Å². The molecule has 0 bridgehead atoms. The summed E-state index contributed by atoms with van der Waals surface area (Å²) in [6.45, 7) is 1.42. The number of rotatable bonds is 3. The summed E-state index contributed by atoms with van der Waals surface area (Å²) < 4.78 is 10.5. The molecule has 2 aliphatic rings. The molecular formula is C15H17ClN2O4. The first-order valence-electron chi connectivity index (χ1n) is 7.21. The van der Waals surface area contributed by atoms with Gasteiger partial charge < -0.3 is 19.7 Å². The molecule has 7 heteroatoms. The molecule has 0 aromatic heterocycles. The van der Waals surface area contributed by atoms with Crippen LogP contribution in [0.4, 0.5) is 0 Å². The van der Waals surface area contributed by atoms with E-state index in [2.05, 4.69) is 5.32 Å². The van der Waals surface area contributed by atoms with Crippen LogP contribution in [0.2, 0.25) is 0 Å². The molecule has 0 saturated carbocycles. The van der Waals surface area contributed by atoms with Crippen molar-refractivity contribution in [2.75, 3.05) is 25.8 Å². The van der Waals surface area contributed by atoms with Gasteiger partial charge in [-0.2, -0.15) is 0 Å². The first-order chi connectivity index (χ1) is 10.7. The summed E-state index contributed by atoms with van der Waals surface area (Å²) >= 11 is 5.48. The van der Waals surface area contributed by atoms with E-state index in [0.29, 0.717) is 30.2 Å². The van der Waals surface area contributed by atoms with Crippen LogP contribution in [0.25, 0.3) is 0 Å². The van der Waals surface area contributed by atoms with Gasteiger partial charge >= 0.3 is 0 Å². The Morgan fingerprint density at radius 3 is 2.68 bits per heavy atom. The van der Waals surface area contributed by atoms with Gasteiger partial charge in [0.05, 0.1) is 0 Å². The molecule has 1 aromatic rings. The summed E-state index contributed by atoms with van der Waals surface area (Å²) in [6, 6.07) is 5.30. The number of carbonyl (C=O) groups is 2. The van der Waals surface area contributed by atoms with Crippen LogP contribution in [0.5, 0.6) is 11.5 Å². The number of nitrogens with zero attached hydrogens (tertiary/aromatic N) is 1. The quantitative estimate of drug-likeness (QED) is 0.853. The fourth-order valence-electron chi connectivity index (χ4n) is 2.71. The highest BCUT2D eigenvalue weighted by atomic mass is 35.5. The van der Waals surface area contributed by atoms with Gasteiger partial charge in [-0.1, -0.05) is 0 Å². The first-order valence-corrected chi connectivity index (χ1v) is 7.75. The van der Waals surface area contributed by atoms with Gasteiger partial charge in [0.1, 0.15) is 5.88 Å². The third-order valence-corrected chi connectivity index (χ3v) is 4.13. The lowest BCUT2D eigenvalue weighted by Crippen LogP contribution is -2.46. The first kappa shape index (κ1) is 15.0. The molecule has 0 unspecified atom stereocenters. The van der Waals surface area contributed by atoms with Crippen LogP contribution in [0, 0.1) is 0 Å². The number of piperidine rings is 1. The van der Waals surface area contributed by atoms with E-state index in [-0.39, 0.29) is 30.5 Å². The normalized spacial score (nSPS) is 17.4. The lowest BCUT2D eigenvalue weighted by molar-refractivity contribution is -0.119. The molecule has 3 rings (SSSR count). The van der Waals surface area contributed by atoms with Crippen molar-refractivity contribution < 1.29 is 19.1 Å². The number of amides is 2. The minimum Gasteiger partial charge on any atom is -0.454 e. The zero-order chi connectivity index (χ0) is 15.5. The second-order valence-corrected chi connectivity index (χ2v) is 5.60. The van der Waals surface area contributed by atoms with E-state index in [9.17, 15) is 9.59 Å². The Labute approximate surface area is 133 Å². The fourth-order valence-corrected chi connectivity index (χ4v) is 2.78. The largest absolute Gasteiger partial charge is 0.454 e. The van der Waals surface area contributed by atoms with Gasteiger partial charge in [0.2, 0.25) is 12.7 Å². The zero-order valence-corrected chi connectivity index (χ0v) is 12.8. The molecule has 2 aliphatic heterocycles. The number of benzene rings is 1.